The highest BCUT2D eigenvalue weighted by Crippen LogP contribution is 2.33. The SMILES string of the molecule is COc1ccc(N2C(=O)CCCC2=O)cc1S(=O)(=O)Nc1c(C)cccc1C. The lowest BCUT2D eigenvalue weighted by atomic mass is 10.1. The Morgan fingerprint density at radius 1 is 1.00 bits per heavy atom. The molecule has 1 aliphatic rings. The first-order valence-electron chi connectivity index (χ1n) is 8.87. The molecule has 2 amide bonds. The summed E-state index contributed by atoms with van der Waals surface area (Å²) in [7, 11) is -2.66. The second-order valence-corrected chi connectivity index (χ2v) is 8.33. The van der Waals surface area contributed by atoms with Crippen LogP contribution in [0.1, 0.15) is 30.4 Å². The molecule has 8 heteroatoms. The van der Waals surface area contributed by atoms with Gasteiger partial charge >= 0.3 is 0 Å². The fourth-order valence-corrected chi connectivity index (χ4v) is 4.61. The van der Waals surface area contributed by atoms with Crippen molar-refractivity contribution >= 4 is 33.2 Å². The molecule has 1 N–H and O–H groups in total. The topological polar surface area (TPSA) is 92.8 Å². The molecule has 1 saturated heterocycles. The standard InChI is InChI=1S/C20H22N2O5S/c1-13-6-4-7-14(2)20(13)21-28(25,26)17-12-15(10-11-16(17)27-3)22-18(23)8-5-9-19(22)24/h4,6-7,10-12,21H,5,8-9H2,1-3H3. The summed E-state index contributed by atoms with van der Waals surface area (Å²) in [5.41, 5.74) is 2.26. The van der Waals surface area contributed by atoms with Crippen LogP contribution < -0.4 is 14.4 Å². The summed E-state index contributed by atoms with van der Waals surface area (Å²) < 4.78 is 34.0. The molecule has 148 valence electrons. The maximum absolute atomic E-state index is 13.1. The smallest absolute Gasteiger partial charge is 0.265 e. The zero-order valence-corrected chi connectivity index (χ0v) is 16.8. The van der Waals surface area contributed by atoms with Gasteiger partial charge in [0.2, 0.25) is 11.8 Å². The minimum absolute atomic E-state index is 0.124. The van der Waals surface area contributed by atoms with Crippen LogP contribution in [0.25, 0.3) is 0 Å². The number of ether oxygens (including phenoxy) is 1. The van der Waals surface area contributed by atoms with E-state index < -0.39 is 10.0 Å². The fraction of sp³-hybridized carbons (Fsp3) is 0.300. The minimum Gasteiger partial charge on any atom is -0.495 e. The summed E-state index contributed by atoms with van der Waals surface area (Å²) >= 11 is 0. The number of anilines is 2. The van der Waals surface area contributed by atoms with Crippen LogP contribution in [0.5, 0.6) is 5.75 Å². The van der Waals surface area contributed by atoms with E-state index in [1.807, 2.05) is 32.0 Å². The van der Waals surface area contributed by atoms with Crippen LogP contribution in [0.3, 0.4) is 0 Å². The average Bonchev–Trinajstić information content (AvgIpc) is 2.64. The number of para-hydroxylation sites is 1. The molecular weight excluding hydrogens is 380 g/mol. The van der Waals surface area contributed by atoms with Gasteiger partial charge in [-0.15, -0.1) is 0 Å². The number of hydrogen-bond acceptors (Lipinski definition) is 5. The van der Waals surface area contributed by atoms with Crippen LogP contribution >= 0.6 is 0 Å². The Balaban J connectivity index is 2.07. The number of benzene rings is 2. The highest BCUT2D eigenvalue weighted by Gasteiger charge is 2.30. The second-order valence-electron chi connectivity index (χ2n) is 6.68. The van der Waals surface area contributed by atoms with Gasteiger partial charge in [-0.3, -0.25) is 19.2 Å². The first kappa shape index (κ1) is 19.9. The monoisotopic (exact) mass is 402 g/mol. The van der Waals surface area contributed by atoms with E-state index in [2.05, 4.69) is 4.72 Å². The van der Waals surface area contributed by atoms with E-state index >= 15 is 0 Å². The van der Waals surface area contributed by atoms with Gasteiger partial charge in [-0.25, -0.2) is 8.42 Å². The number of carbonyl (C=O) groups excluding carboxylic acids is 2. The van der Waals surface area contributed by atoms with E-state index in [-0.39, 0.29) is 41.0 Å². The van der Waals surface area contributed by atoms with E-state index in [9.17, 15) is 18.0 Å². The van der Waals surface area contributed by atoms with Crippen LogP contribution in [0.15, 0.2) is 41.3 Å². The highest BCUT2D eigenvalue weighted by atomic mass is 32.2. The number of nitrogens with zero attached hydrogens (tertiary/aromatic N) is 1. The van der Waals surface area contributed by atoms with Crippen molar-refractivity contribution in [2.75, 3.05) is 16.7 Å². The van der Waals surface area contributed by atoms with E-state index in [1.54, 1.807) is 0 Å². The number of hydrogen-bond donors (Lipinski definition) is 1. The molecule has 1 aliphatic heterocycles. The Labute approximate surface area is 164 Å². The van der Waals surface area contributed by atoms with E-state index in [4.69, 9.17) is 4.74 Å². The van der Waals surface area contributed by atoms with Gasteiger partial charge in [0, 0.05) is 12.8 Å². The van der Waals surface area contributed by atoms with E-state index in [1.165, 1.54) is 25.3 Å². The summed E-state index contributed by atoms with van der Waals surface area (Å²) in [5.74, 6) is -0.556. The molecule has 3 rings (SSSR count). The Bertz CT molecular complexity index is 1010. The fourth-order valence-electron chi connectivity index (χ4n) is 3.22. The quantitative estimate of drug-likeness (QED) is 0.776. The van der Waals surface area contributed by atoms with Crippen LogP contribution in [0.4, 0.5) is 11.4 Å². The number of rotatable bonds is 5. The van der Waals surface area contributed by atoms with Crippen molar-refractivity contribution in [2.24, 2.45) is 0 Å². The molecule has 0 spiro atoms. The first-order chi connectivity index (χ1) is 13.2. The lowest BCUT2D eigenvalue weighted by molar-refractivity contribution is -0.129. The summed E-state index contributed by atoms with van der Waals surface area (Å²) in [5, 5.41) is 0. The third-order valence-corrected chi connectivity index (χ3v) is 6.06. The van der Waals surface area contributed by atoms with Gasteiger partial charge in [-0.05, 0) is 49.6 Å². The molecule has 0 aliphatic carbocycles. The third kappa shape index (κ3) is 3.73. The van der Waals surface area contributed by atoms with Gasteiger partial charge in [-0.1, -0.05) is 18.2 Å². The third-order valence-electron chi connectivity index (χ3n) is 4.69. The van der Waals surface area contributed by atoms with Crippen molar-refractivity contribution in [3.63, 3.8) is 0 Å². The Kier molecular flexibility index (Phi) is 5.42. The summed E-state index contributed by atoms with van der Waals surface area (Å²) in [6.45, 7) is 3.62. The minimum atomic E-state index is -4.02. The van der Waals surface area contributed by atoms with Gasteiger partial charge < -0.3 is 4.74 Å². The zero-order valence-electron chi connectivity index (χ0n) is 16.0. The first-order valence-corrected chi connectivity index (χ1v) is 10.4. The largest absolute Gasteiger partial charge is 0.495 e. The molecule has 0 atom stereocenters. The van der Waals surface area contributed by atoms with Crippen molar-refractivity contribution < 1.29 is 22.7 Å². The summed E-state index contributed by atoms with van der Waals surface area (Å²) in [4.78, 5) is 25.3. The molecule has 0 radical (unpaired) electrons. The Morgan fingerprint density at radius 3 is 2.18 bits per heavy atom. The molecule has 2 aromatic rings. The number of imide groups is 1. The summed E-state index contributed by atoms with van der Waals surface area (Å²) in [6, 6.07) is 9.72. The number of aryl methyl sites for hydroxylation is 2. The normalized spacial score (nSPS) is 14.9. The predicted molar refractivity (Wildman–Crippen MR) is 106 cm³/mol. The molecule has 0 bridgehead atoms. The van der Waals surface area contributed by atoms with Crippen molar-refractivity contribution in [2.45, 2.75) is 38.0 Å². The molecule has 1 fully saturated rings. The van der Waals surface area contributed by atoms with Crippen LogP contribution in [-0.4, -0.2) is 27.3 Å². The lowest BCUT2D eigenvalue weighted by Crippen LogP contribution is -2.40. The molecule has 0 unspecified atom stereocenters. The molecule has 0 aromatic heterocycles. The number of piperidine rings is 1. The molecule has 1 heterocycles. The number of nitrogens with one attached hydrogen (secondary N) is 1. The van der Waals surface area contributed by atoms with Crippen molar-refractivity contribution in [3.8, 4) is 5.75 Å². The molecule has 0 saturated carbocycles. The van der Waals surface area contributed by atoms with Gasteiger partial charge in [0.05, 0.1) is 18.5 Å². The predicted octanol–water partition coefficient (Wildman–Crippen LogP) is 3.16. The second kappa shape index (κ2) is 7.63. The Morgan fingerprint density at radius 2 is 1.61 bits per heavy atom. The van der Waals surface area contributed by atoms with Crippen LogP contribution in [0.2, 0.25) is 0 Å². The number of carbonyl (C=O) groups is 2. The number of methoxy groups -OCH3 is 1. The van der Waals surface area contributed by atoms with Crippen molar-refractivity contribution in [1.29, 1.82) is 0 Å². The number of amides is 2. The van der Waals surface area contributed by atoms with Gasteiger partial charge in [0.1, 0.15) is 10.6 Å². The maximum Gasteiger partial charge on any atom is 0.265 e. The van der Waals surface area contributed by atoms with Crippen molar-refractivity contribution in [3.05, 3.63) is 47.5 Å². The zero-order chi connectivity index (χ0) is 20.5. The number of sulfonamides is 1. The average molecular weight is 402 g/mol. The molecule has 2 aromatic carbocycles. The van der Waals surface area contributed by atoms with Gasteiger partial charge in [-0.2, -0.15) is 0 Å². The molecule has 7 nitrogen and oxygen atoms in total. The summed E-state index contributed by atoms with van der Waals surface area (Å²) in [6.07, 6.45) is 1.00. The Hall–Kier alpha value is -2.87. The van der Waals surface area contributed by atoms with Crippen LogP contribution in [-0.2, 0) is 19.6 Å². The van der Waals surface area contributed by atoms with E-state index in [0.717, 1.165) is 16.0 Å². The van der Waals surface area contributed by atoms with Crippen LogP contribution in [0, 0.1) is 13.8 Å². The van der Waals surface area contributed by atoms with Gasteiger partial charge in [0.15, 0.2) is 0 Å². The van der Waals surface area contributed by atoms with E-state index in [0.29, 0.717) is 12.1 Å². The molecular formula is C20H22N2O5S. The highest BCUT2D eigenvalue weighted by molar-refractivity contribution is 7.92. The maximum atomic E-state index is 13.1. The van der Waals surface area contributed by atoms with Gasteiger partial charge in [0.25, 0.3) is 10.0 Å². The van der Waals surface area contributed by atoms with Crippen molar-refractivity contribution in [1.82, 2.24) is 0 Å². The molecule has 28 heavy (non-hydrogen) atoms. The lowest BCUT2D eigenvalue weighted by Gasteiger charge is -2.25.